The van der Waals surface area contributed by atoms with E-state index in [4.69, 9.17) is 9.47 Å². The number of fused-ring (bicyclic) bond motifs is 1. The minimum absolute atomic E-state index is 0.0959. The van der Waals surface area contributed by atoms with E-state index in [9.17, 15) is 9.59 Å². The molecule has 4 rings (SSSR count). The van der Waals surface area contributed by atoms with Gasteiger partial charge < -0.3 is 14.4 Å². The molecule has 1 amide bonds. The quantitative estimate of drug-likeness (QED) is 0.718. The zero-order valence-electron chi connectivity index (χ0n) is 15.7. The van der Waals surface area contributed by atoms with Crippen molar-refractivity contribution in [2.24, 2.45) is 0 Å². The lowest BCUT2D eigenvalue weighted by Crippen LogP contribution is -2.52. The van der Waals surface area contributed by atoms with Crippen LogP contribution in [0.4, 0.5) is 0 Å². The zero-order valence-corrected chi connectivity index (χ0v) is 17.3. The number of ketones is 1. The number of likely N-dealkylation sites (tertiary alicyclic amines) is 1. The molecule has 0 unspecified atom stereocenters. The van der Waals surface area contributed by atoms with Crippen LogP contribution < -0.4 is 9.47 Å². The minimum Gasteiger partial charge on any atom is -0.497 e. The Kier molecular flexibility index (Phi) is 5.15. The fraction of sp³-hybridized carbons (Fsp3) is 0.364. The van der Waals surface area contributed by atoms with Gasteiger partial charge in [-0.25, -0.2) is 0 Å². The Morgan fingerprint density at radius 1 is 1.18 bits per heavy atom. The third-order valence-electron chi connectivity index (χ3n) is 5.59. The van der Waals surface area contributed by atoms with Crippen LogP contribution in [0.2, 0.25) is 0 Å². The molecule has 2 heterocycles. The minimum atomic E-state index is -0.523. The van der Waals surface area contributed by atoms with E-state index in [1.807, 2.05) is 29.2 Å². The molecule has 146 valence electrons. The second-order valence-electron chi connectivity index (χ2n) is 7.43. The Balaban J connectivity index is 1.42. The van der Waals surface area contributed by atoms with E-state index >= 15 is 0 Å². The van der Waals surface area contributed by atoms with Gasteiger partial charge in [-0.1, -0.05) is 28.1 Å². The highest BCUT2D eigenvalue weighted by Gasteiger charge is 2.43. The van der Waals surface area contributed by atoms with Crippen LogP contribution >= 0.6 is 15.9 Å². The largest absolute Gasteiger partial charge is 0.497 e. The smallest absolute Gasteiger partial charge is 0.226 e. The lowest BCUT2D eigenvalue weighted by molar-refractivity contribution is -0.134. The molecular weight excluding hydrogens is 422 g/mol. The van der Waals surface area contributed by atoms with E-state index in [-0.39, 0.29) is 11.7 Å². The van der Waals surface area contributed by atoms with Crippen LogP contribution in [0.3, 0.4) is 0 Å². The molecule has 1 saturated heterocycles. The van der Waals surface area contributed by atoms with Crippen LogP contribution in [0.25, 0.3) is 0 Å². The molecule has 2 aromatic carbocycles. The molecule has 28 heavy (non-hydrogen) atoms. The number of ether oxygens (including phenoxy) is 2. The number of benzene rings is 2. The van der Waals surface area contributed by atoms with Gasteiger partial charge >= 0.3 is 0 Å². The molecule has 0 aliphatic carbocycles. The van der Waals surface area contributed by atoms with Crippen LogP contribution in [0.5, 0.6) is 11.5 Å². The number of halogens is 1. The van der Waals surface area contributed by atoms with Crippen molar-refractivity contribution >= 4 is 27.6 Å². The van der Waals surface area contributed by atoms with E-state index in [0.29, 0.717) is 55.8 Å². The summed E-state index contributed by atoms with van der Waals surface area (Å²) >= 11 is 3.41. The lowest BCUT2D eigenvalue weighted by Gasteiger charge is -2.44. The fourth-order valence-electron chi connectivity index (χ4n) is 3.93. The number of Topliss-reactive ketones (excluding diaryl/α,β-unsaturated/α-hetero) is 1. The van der Waals surface area contributed by atoms with Gasteiger partial charge in [0, 0.05) is 36.5 Å². The van der Waals surface area contributed by atoms with Gasteiger partial charge in [-0.05, 0) is 29.8 Å². The van der Waals surface area contributed by atoms with Crippen LogP contribution in [-0.4, -0.2) is 42.4 Å². The highest BCUT2D eigenvalue weighted by Crippen LogP contribution is 2.40. The highest BCUT2D eigenvalue weighted by molar-refractivity contribution is 9.10. The van der Waals surface area contributed by atoms with Crippen molar-refractivity contribution in [3.8, 4) is 11.5 Å². The normalized spacial score (nSPS) is 17.8. The predicted octanol–water partition coefficient (Wildman–Crippen LogP) is 4.03. The third kappa shape index (κ3) is 3.78. The number of carbonyl (C=O) groups is 2. The average Bonchev–Trinajstić information content (AvgIpc) is 2.69. The summed E-state index contributed by atoms with van der Waals surface area (Å²) in [5.41, 5.74) is 1.09. The van der Waals surface area contributed by atoms with Crippen molar-refractivity contribution in [3.05, 3.63) is 58.1 Å². The highest BCUT2D eigenvalue weighted by atomic mass is 79.9. The van der Waals surface area contributed by atoms with E-state index in [2.05, 4.69) is 15.9 Å². The average molecular weight is 444 g/mol. The first kappa shape index (κ1) is 19.0. The van der Waals surface area contributed by atoms with Crippen molar-refractivity contribution in [3.63, 3.8) is 0 Å². The number of piperidine rings is 1. The maximum absolute atomic E-state index is 12.7. The summed E-state index contributed by atoms with van der Waals surface area (Å²) in [6.45, 7) is 1.20. The second kappa shape index (κ2) is 7.59. The SMILES string of the molecule is COc1ccc2c(c1)OC1(CCN(C(=O)Cc3ccc(Br)cc3)CC1)CC2=O. The predicted molar refractivity (Wildman–Crippen MR) is 109 cm³/mol. The molecule has 0 bridgehead atoms. The van der Waals surface area contributed by atoms with Crippen LogP contribution in [0, 0.1) is 0 Å². The van der Waals surface area contributed by atoms with Gasteiger partial charge in [0.2, 0.25) is 5.91 Å². The first-order chi connectivity index (χ1) is 13.5. The van der Waals surface area contributed by atoms with E-state index in [1.165, 1.54) is 0 Å². The van der Waals surface area contributed by atoms with E-state index in [1.54, 1.807) is 25.3 Å². The number of amides is 1. The second-order valence-corrected chi connectivity index (χ2v) is 8.35. The number of nitrogens with zero attached hydrogens (tertiary/aromatic N) is 1. The standard InChI is InChI=1S/C22H22BrNO4/c1-27-17-6-7-18-19(25)14-22(28-20(18)13-17)8-10-24(11-9-22)21(26)12-15-2-4-16(23)5-3-15/h2-7,13H,8-12,14H2,1H3. The summed E-state index contributed by atoms with van der Waals surface area (Å²) in [7, 11) is 1.59. The number of methoxy groups -OCH3 is 1. The van der Waals surface area contributed by atoms with Crippen molar-refractivity contribution in [1.29, 1.82) is 0 Å². The van der Waals surface area contributed by atoms with Gasteiger partial charge in [-0.3, -0.25) is 9.59 Å². The molecule has 1 fully saturated rings. The van der Waals surface area contributed by atoms with E-state index < -0.39 is 5.60 Å². The molecule has 2 aliphatic heterocycles. The van der Waals surface area contributed by atoms with Crippen LogP contribution in [0.1, 0.15) is 35.2 Å². The topological polar surface area (TPSA) is 55.8 Å². The van der Waals surface area contributed by atoms with Crippen molar-refractivity contribution in [1.82, 2.24) is 4.90 Å². The van der Waals surface area contributed by atoms with Gasteiger partial charge in [0.05, 0.1) is 25.5 Å². The Labute approximate surface area is 172 Å². The molecule has 2 aliphatic rings. The Morgan fingerprint density at radius 3 is 2.57 bits per heavy atom. The van der Waals surface area contributed by atoms with Gasteiger partial charge in [-0.2, -0.15) is 0 Å². The summed E-state index contributed by atoms with van der Waals surface area (Å²) in [4.78, 5) is 27.2. The lowest BCUT2D eigenvalue weighted by atomic mass is 9.82. The van der Waals surface area contributed by atoms with Crippen LogP contribution in [0.15, 0.2) is 46.9 Å². The van der Waals surface area contributed by atoms with Gasteiger partial charge in [-0.15, -0.1) is 0 Å². The summed E-state index contributed by atoms with van der Waals surface area (Å²) in [5.74, 6) is 1.47. The fourth-order valence-corrected chi connectivity index (χ4v) is 4.20. The molecule has 0 atom stereocenters. The first-order valence-corrected chi connectivity index (χ1v) is 10.2. The molecule has 1 spiro atoms. The number of hydrogen-bond acceptors (Lipinski definition) is 4. The molecule has 2 aromatic rings. The van der Waals surface area contributed by atoms with Gasteiger partial charge in [0.15, 0.2) is 5.78 Å². The van der Waals surface area contributed by atoms with E-state index in [0.717, 1.165) is 10.0 Å². The maximum atomic E-state index is 12.7. The Hall–Kier alpha value is -2.34. The molecule has 6 heteroatoms. The number of carbonyl (C=O) groups excluding carboxylic acids is 2. The maximum Gasteiger partial charge on any atom is 0.226 e. The molecule has 0 radical (unpaired) electrons. The first-order valence-electron chi connectivity index (χ1n) is 9.40. The monoisotopic (exact) mass is 443 g/mol. The van der Waals surface area contributed by atoms with Gasteiger partial charge in [0.25, 0.3) is 0 Å². The molecule has 0 saturated carbocycles. The summed E-state index contributed by atoms with van der Waals surface area (Å²) in [6.07, 6.45) is 2.06. The third-order valence-corrected chi connectivity index (χ3v) is 6.12. The summed E-state index contributed by atoms with van der Waals surface area (Å²) in [6, 6.07) is 13.1. The van der Waals surface area contributed by atoms with Crippen molar-refractivity contribution in [2.45, 2.75) is 31.3 Å². The Morgan fingerprint density at radius 2 is 1.89 bits per heavy atom. The summed E-state index contributed by atoms with van der Waals surface area (Å²) in [5, 5.41) is 0. The van der Waals surface area contributed by atoms with Crippen molar-refractivity contribution < 1.29 is 19.1 Å². The number of rotatable bonds is 3. The molecule has 5 nitrogen and oxygen atoms in total. The number of hydrogen-bond donors (Lipinski definition) is 0. The van der Waals surface area contributed by atoms with Crippen LogP contribution in [-0.2, 0) is 11.2 Å². The molecule has 0 N–H and O–H groups in total. The summed E-state index contributed by atoms with van der Waals surface area (Å²) < 4.78 is 12.5. The van der Waals surface area contributed by atoms with Crippen molar-refractivity contribution in [2.75, 3.05) is 20.2 Å². The van der Waals surface area contributed by atoms with Gasteiger partial charge in [0.1, 0.15) is 17.1 Å². The molecular formula is C22H22BrNO4. The molecule has 0 aromatic heterocycles. The Bertz CT molecular complexity index is 901. The zero-order chi connectivity index (χ0) is 19.7.